The fourth-order valence-electron chi connectivity index (χ4n) is 18.2. The number of fused-ring (bicyclic) bond motifs is 7. The molecule has 16 atom stereocenters. The average molecular weight is 733 g/mol. The molecule has 0 radical (unpaired) electrons. The molecule has 0 bridgehead atoms. The first-order valence-corrected chi connectivity index (χ1v) is 25.2. The van der Waals surface area contributed by atoms with Gasteiger partial charge >= 0.3 is 0 Å². The predicted molar refractivity (Wildman–Crippen MR) is 225 cm³/mol. The van der Waals surface area contributed by atoms with Crippen molar-refractivity contribution in [2.45, 2.75) is 223 Å². The molecular weight excluding hydrogens is 653 g/mol. The summed E-state index contributed by atoms with van der Waals surface area (Å²) in [6.45, 7) is 2.66. The molecule has 0 spiro atoms. The lowest BCUT2D eigenvalue weighted by Gasteiger charge is -2.53. The smallest absolute Gasteiger partial charge is 0.0172 e. The molecule has 6 saturated carbocycles. The van der Waals surface area contributed by atoms with Crippen LogP contribution in [-0.4, -0.2) is 46.1 Å². The Labute approximate surface area is 332 Å². The maximum Gasteiger partial charge on any atom is 0.0172 e. The molecule has 0 aromatic heterocycles. The summed E-state index contributed by atoms with van der Waals surface area (Å²) >= 11 is 0. The highest BCUT2D eigenvalue weighted by molar-refractivity contribution is 5.19. The van der Waals surface area contributed by atoms with E-state index >= 15 is 0 Å². The zero-order valence-corrected chi connectivity index (χ0v) is 34.8. The van der Waals surface area contributed by atoms with Gasteiger partial charge in [0, 0.05) is 36.3 Å². The van der Waals surface area contributed by atoms with E-state index in [9.17, 15) is 0 Å². The topological polar surface area (TPSA) is 6.48 Å². The molecule has 16 unspecified atom stereocenters. The van der Waals surface area contributed by atoms with Crippen LogP contribution in [0.15, 0.2) is 36.0 Å². The fourth-order valence-corrected chi connectivity index (χ4v) is 18.2. The third-order valence-corrected chi connectivity index (χ3v) is 20.4. The van der Waals surface area contributed by atoms with E-state index in [-0.39, 0.29) is 0 Å². The quantitative estimate of drug-likeness (QED) is 0.260. The van der Waals surface area contributed by atoms with Gasteiger partial charge in [0.1, 0.15) is 0 Å². The van der Waals surface area contributed by atoms with Crippen molar-refractivity contribution in [2.24, 2.45) is 64.6 Å². The van der Waals surface area contributed by atoms with Crippen molar-refractivity contribution < 1.29 is 0 Å². The second-order valence-electron chi connectivity index (χ2n) is 22.6. The standard InChI is InChI=1S/C52H80N2/c1-52-28-12-11-20-46(52)51(23-13-29-52)54-48-22-10-8-19-43(48)45-34-38(25-27-50(45)54)37-24-26-49-44(33-37)42-18-7-9-21-47(42)53(49)41-31-39(35-14-3-2-4-15-35)30-40(32-41)36-16-5-6-17-36/h7,13-14,18,29,36-51H,2-6,8-12,15-17,19-28,30-34H2,1H3. The Morgan fingerprint density at radius 1 is 0.537 bits per heavy atom. The normalized spacial score (nSPS) is 51.2. The van der Waals surface area contributed by atoms with Crippen LogP contribution in [0.5, 0.6) is 0 Å². The molecule has 54 heavy (non-hydrogen) atoms. The summed E-state index contributed by atoms with van der Waals surface area (Å²) < 4.78 is 0. The highest BCUT2D eigenvalue weighted by Crippen LogP contribution is 2.60. The van der Waals surface area contributed by atoms with Crippen molar-refractivity contribution in [1.29, 1.82) is 0 Å². The Morgan fingerprint density at radius 3 is 2.17 bits per heavy atom. The highest BCUT2D eigenvalue weighted by Gasteiger charge is 2.58. The second kappa shape index (κ2) is 15.1. The summed E-state index contributed by atoms with van der Waals surface area (Å²) in [5, 5.41) is 0. The van der Waals surface area contributed by atoms with Gasteiger partial charge in [-0.05, 0) is 193 Å². The number of hydrogen-bond acceptors (Lipinski definition) is 2. The van der Waals surface area contributed by atoms with Crippen LogP contribution < -0.4 is 0 Å². The molecule has 9 aliphatic carbocycles. The Kier molecular flexibility index (Phi) is 10.1. The molecular formula is C52H80N2. The van der Waals surface area contributed by atoms with E-state index in [0.29, 0.717) is 5.41 Å². The molecule has 2 nitrogen and oxygen atoms in total. The summed E-state index contributed by atoms with van der Waals surface area (Å²) in [7, 11) is 0. The van der Waals surface area contributed by atoms with E-state index in [2.05, 4.69) is 47.1 Å². The lowest BCUT2D eigenvalue weighted by molar-refractivity contribution is -0.0105. The van der Waals surface area contributed by atoms with E-state index in [1.165, 1.54) is 122 Å². The number of rotatable bonds is 5. The molecule has 298 valence electrons. The van der Waals surface area contributed by atoms with Crippen LogP contribution in [-0.2, 0) is 0 Å². The van der Waals surface area contributed by atoms with Crippen LogP contribution in [0.4, 0.5) is 0 Å². The van der Waals surface area contributed by atoms with Gasteiger partial charge in [0.15, 0.2) is 0 Å². The lowest BCUT2D eigenvalue weighted by atomic mass is 9.61. The Balaban J connectivity index is 0.818. The van der Waals surface area contributed by atoms with Crippen molar-refractivity contribution in [2.75, 3.05) is 0 Å². The molecule has 2 saturated heterocycles. The number of allylic oxidation sites excluding steroid dienone is 4. The van der Waals surface area contributed by atoms with Gasteiger partial charge in [-0.25, -0.2) is 0 Å². The minimum absolute atomic E-state index is 0.475. The lowest BCUT2D eigenvalue weighted by Crippen LogP contribution is -2.55. The van der Waals surface area contributed by atoms with Crippen LogP contribution in [0.1, 0.15) is 187 Å². The molecule has 0 N–H and O–H groups in total. The summed E-state index contributed by atoms with van der Waals surface area (Å²) in [6, 6.07) is 5.28. The first kappa shape index (κ1) is 36.2. The summed E-state index contributed by atoms with van der Waals surface area (Å²) in [5.41, 5.74) is 2.39. The second-order valence-corrected chi connectivity index (χ2v) is 22.6. The van der Waals surface area contributed by atoms with Crippen LogP contribution in [0.3, 0.4) is 0 Å². The molecule has 2 heteroatoms. The third kappa shape index (κ3) is 6.27. The van der Waals surface area contributed by atoms with E-state index in [1.54, 1.807) is 57.8 Å². The van der Waals surface area contributed by atoms with Gasteiger partial charge in [0.05, 0.1) is 0 Å². The van der Waals surface area contributed by atoms with Gasteiger partial charge in [0.2, 0.25) is 0 Å². The molecule has 2 aliphatic heterocycles. The zero-order chi connectivity index (χ0) is 35.8. The van der Waals surface area contributed by atoms with Crippen LogP contribution in [0.25, 0.3) is 0 Å². The van der Waals surface area contributed by atoms with Crippen LogP contribution >= 0.6 is 0 Å². The molecule has 11 aliphatic rings. The molecule has 0 aromatic carbocycles. The van der Waals surface area contributed by atoms with E-state index in [4.69, 9.17) is 0 Å². The summed E-state index contributed by atoms with van der Waals surface area (Å²) in [5.74, 6) is 9.73. The van der Waals surface area contributed by atoms with Crippen molar-refractivity contribution >= 4 is 0 Å². The van der Waals surface area contributed by atoms with Crippen LogP contribution in [0.2, 0.25) is 0 Å². The molecule has 0 amide bonds. The van der Waals surface area contributed by atoms with Crippen molar-refractivity contribution in [3.05, 3.63) is 36.0 Å². The minimum atomic E-state index is 0.475. The molecule has 8 fully saturated rings. The first-order chi connectivity index (χ1) is 26.6. The van der Waals surface area contributed by atoms with Crippen molar-refractivity contribution in [3.63, 3.8) is 0 Å². The number of hydrogen-bond donors (Lipinski definition) is 0. The molecule has 2 heterocycles. The van der Waals surface area contributed by atoms with Gasteiger partial charge in [-0.1, -0.05) is 94.2 Å². The fraction of sp³-hybridized carbons (Fsp3) is 0.885. The minimum Gasteiger partial charge on any atom is -0.294 e. The SMILES string of the molecule is CC12C=CCC(N3C4CCCCC4C4CC(C5CCC6C(C5)C5C=CCCC5N6C5CC(C6=CCCCC6)CC(C6CCCC6)C5)CCC43)C1CCCC2. The Bertz CT molecular complexity index is 1420. The van der Waals surface area contributed by atoms with Crippen molar-refractivity contribution in [3.8, 4) is 0 Å². The zero-order valence-electron chi connectivity index (χ0n) is 34.8. The summed E-state index contributed by atoms with van der Waals surface area (Å²) in [6.07, 6.45) is 55.5. The van der Waals surface area contributed by atoms with Gasteiger partial charge in [0.25, 0.3) is 0 Å². The van der Waals surface area contributed by atoms with E-state index in [1.807, 2.05) is 5.57 Å². The predicted octanol–water partition coefficient (Wildman–Crippen LogP) is 13.1. The van der Waals surface area contributed by atoms with Gasteiger partial charge in [-0.2, -0.15) is 0 Å². The largest absolute Gasteiger partial charge is 0.294 e. The maximum atomic E-state index is 3.35. The van der Waals surface area contributed by atoms with Crippen LogP contribution in [0, 0.1) is 64.6 Å². The first-order valence-electron chi connectivity index (χ1n) is 25.2. The Hall–Kier alpha value is -0.860. The molecule has 11 rings (SSSR count). The van der Waals surface area contributed by atoms with E-state index in [0.717, 1.165) is 95.4 Å². The third-order valence-electron chi connectivity index (χ3n) is 20.4. The number of nitrogens with zero attached hydrogens (tertiary/aromatic N) is 2. The van der Waals surface area contributed by atoms with Crippen molar-refractivity contribution in [1.82, 2.24) is 9.80 Å². The van der Waals surface area contributed by atoms with E-state index < -0.39 is 0 Å². The molecule has 0 aromatic rings. The average Bonchev–Trinajstić information content (AvgIpc) is 3.96. The maximum absolute atomic E-state index is 3.35. The summed E-state index contributed by atoms with van der Waals surface area (Å²) in [4.78, 5) is 6.67. The highest BCUT2D eigenvalue weighted by atomic mass is 15.3. The number of likely N-dealkylation sites (tertiary alicyclic amines) is 2. The Morgan fingerprint density at radius 2 is 1.31 bits per heavy atom. The van der Waals surface area contributed by atoms with Gasteiger partial charge in [-0.3, -0.25) is 9.80 Å². The van der Waals surface area contributed by atoms with Gasteiger partial charge < -0.3 is 0 Å². The monoisotopic (exact) mass is 733 g/mol. The van der Waals surface area contributed by atoms with Gasteiger partial charge in [-0.15, -0.1) is 0 Å².